The van der Waals surface area contributed by atoms with E-state index in [-0.39, 0.29) is 17.3 Å². The summed E-state index contributed by atoms with van der Waals surface area (Å²) in [6.07, 6.45) is 3.20. The molecule has 1 fully saturated rings. The fourth-order valence-corrected chi connectivity index (χ4v) is 2.98. The van der Waals surface area contributed by atoms with Crippen LogP contribution in [0.5, 0.6) is 0 Å². The van der Waals surface area contributed by atoms with E-state index in [9.17, 15) is 9.59 Å². The maximum absolute atomic E-state index is 12.0. The number of nitrogen functional groups attached to an aromatic ring is 1. The van der Waals surface area contributed by atoms with Crippen LogP contribution in [0.25, 0.3) is 0 Å². The molecule has 0 aromatic carbocycles. The number of nitrogens with two attached hydrogens (primary N) is 1. The molecule has 0 bridgehead atoms. The van der Waals surface area contributed by atoms with Crippen LogP contribution in [0, 0.1) is 5.92 Å². The van der Waals surface area contributed by atoms with E-state index in [0.29, 0.717) is 37.2 Å². The molecule has 0 radical (unpaired) electrons. The maximum Gasteiger partial charge on any atom is 0.252 e. The summed E-state index contributed by atoms with van der Waals surface area (Å²) in [7, 11) is 0. The number of carbonyl (C=O) groups excluding carboxylic acids is 1. The van der Waals surface area contributed by atoms with Crippen LogP contribution in [-0.4, -0.2) is 46.5 Å². The van der Waals surface area contributed by atoms with E-state index in [4.69, 9.17) is 5.73 Å². The summed E-state index contributed by atoms with van der Waals surface area (Å²) in [5.41, 5.74) is 5.26. The van der Waals surface area contributed by atoms with Crippen molar-refractivity contribution in [3.63, 3.8) is 0 Å². The van der Waals surface area contributed by atoms with Crippen molar-refractivity contribution < 1.29 is 4.79 Å². The van der Waals surface area contributed by atoms with Crippen molar-refractivity contribution in [3.8, 4) is 0 Å². The highest BCUT2D eigenvalue weighted by Gasteiger charge is 2.22. The molecule has 0 unspecified atom stereocenters. The van der Waals surface area contributed by atoms with E-state index in [1.807, 2.05) is 0 Å². The van der Waals surface area contributed by atoms with Gasteiger partial charge in [-0.05, 0) is 45.7 Å². The number of likely N-dealkylation sites (tertiary alicyclic amines) is 1. The highest BCUT2D eigenvalue weighted by molar-refractivity contribution is 5.76. The average Bonchev–Trinajstić information content (AvgIpc) is 2.46. The van der Waals surface area contributed by atoms with E-state index in [1.165, 1.54) is 6.07 Å². The van der Waals surface area contributed by atoms with Gasteiger partial charge in [-0.25, -0.2) is 4.98 Å². The third kappa shape index (κ3) is 5.67. The molecule has 0 atom stereocenters. The van der Waals surface area contributed by atoms with Crippen molar-refractivity contribution in [2.45, 2.75) is 45.6 Å². The number of amides is 1. The van der Waals surface area contributed by atoms with E-state index >= 15 is 0 Å². The van der Waals surface area contributed by atoms with Gasteiger partial charge in [-0.15, -0.1) is 0 Å². The topological polar surface area (TPSA) is 104 Å². The van der Waals surface area contributed by atoms with Gasteiger partial charge in [-0.3, -0.25) is 9.59 Å². The van der Waals surface area contributed by atoms with Crippen molar-refractivity contribution in [1.29, 1.82) is 0 Å². The lowest BCUT2D eigenvalue weighted by Crippen LogP contribution is -2.39. The van der Waals surface area contributed by atoms with E-state index in [0.717, 1.165) is 25.9 Å². The second-order valence-electron chi connectivity index (χ2n) is 6.49. The predicted molar refractivity (Wildman–Crippen MR) is 90.0 cm³/mol. The van der Waals surface area contributed by atoms with Crippen molar-refractivity contribution in [2.24, 2.45) is 5.92 Å². The van der Waals surface area contributed by atoms with E-state index in [1.54, 1.807) is 0 Å². The molecular formula is C16H27N5O2. The lowest BCUT2D eigenvalue weighted by atomic mass is 9.92. The average molecular weight is 321 g/mol. The highest BCUT2D eigenvalue weighted by atomic mass is 16.1. The molecule has 2 rings (SSSR count). The maximum atomic E-state index is 12.0. The van der Waals surface area contributed by atoms with Crippen LogP contribution in [0.1, 0.15) is 38.9 Å². The van der Waals surface area contributed by atoms with E-state index in [2.05, 4.69) is 34.0 Å². The normalized spacial score (nSPS) is 16.7. The monoisotopic (exact) mass is 321 g/mol. The zero-order valence-corrected chi connectivity index (χ0v) is 14.0. The Hall–Kier alpha value is -1.89. The van der Waals surface area contributed by atoms with Crippen LogP contribution in [0.15, 0.2) is 10.9 Å². The van der Waals surface area contributed by atoms with Gasteiger partial charge in [0.1, 0.15) is 11.6 Å². The lowest BCUT2D eigenvalue weighted by molar-refractivity contribution is -0.122. The Morgan fingerprint density at radius 2 is 2.17 bits per heavy atom. The summed E-state index contributed by atoms with van der Waals surface area (Å²) in [6.45, 7) is 7.02. The van der Waals surface area contributed by atoms with Crippen LogP contribution < -0.4 is 16.6 Å². The number of rotatable bonds is 6. The van der Waals surface area contributed by atoms with Crippen LogP contribution in [0.4, 0.5) is 5.82 Å². The summed E-state index contributed by atoms with van der Waals surface area (Å²) in [5, 5.41) is 2.90. The van der Waals surface area contributed by atoms with Crippen molar-refractivity contribution >= 4 is 11.7 Å². The Kier molecular flexibility index (Phi) is 6.15. The Morgan fingerprint density at radius 3 is 2.78 bits per heavy atom. The minimum absolute atomic E-state index is 0.0687. The number of carbonyl (C=O) groups is 1. The van der Waals surface area contributed by atoms with Crippen LogP contribution in [0.3, 0.4) is 0 Å². The zero-order chi connectivity index (χ0) is 16.8. The zero-order valence-electron chi connectivity index (χ0n) is 14.0. The van der Waals surface area contributed by atoms with Gasteiger partial charge in [0.2, 0.25) is 5.91 Å². The molecule has 23 heavy (non-hydrogen) atoms. The molecule has 7 heteroatoms. The molecule has 1 aliphatic heterocycles. The second-order valence-corrected chi connectivity index (χ2v) is 6.49. The quantitative estimate of drug-likeness (QED) is 0.708. The number of nitrogens with zero attached hydrogens (tertiary/aromatic N) is 2. The van der Waals surface area contributed by atoms with Gasteiger partial charge in [-0.2, -0.15) is 0 Å². The molecule has 1 saturated heterocycles. The number of aromatic nitrogens is 2. The molecule has 0 spiro atoms. The first kappa shape index (κ1) is 17.5. The number of aromatic amines is 1. The van der Waals surface area contributed by atoms with Crippen LogP contribution in [0.2, 0.25) is 0 Å². The standard InChI is InChI=1S/C16H27N5O2/c1-11(2)21-7-4-12(5-8-21)9-15(22)18-6-3-14-19-13(17)10-16(23)20-14/h10-12H,3-9H2,1-2H3,(H,18,22)(H3,17,19,20,23). The molecule has 0 aliphatic carbocycles. The number of nitrogens with one attached hydrogen (secondary N) is 2. The molecular weight excluding hydrogens is 294 g/mol. The third-order valence-electron chi connectivity index (χ3n) is 4.35. The first-order chi connectivity index (χ1) is 10.9. The molecule has 4 N–H and O–H groups in total. The third-order valence-corrected chi connectivity index (χ3v) is 4.35. The minimum atomic E-state index is -0.268. The van der Waals surface area contributed by atoms with Gasteiger partial charge in [0, 0.05) is 31.5 Å². The number of H-pyrrole nitrogens is 1. The summed E-state index contributed by atoms with van der Waals surface area (Å²) in [5.74, 6) is 1.24. The SMILES string of the molecule is CC(C)N1CCC(CC(=O)NCCc2nc(N)cc(=O)[nH]2)CC1. The number of anilines is 1. The Labute approximate surface area is 136 Å². The molecule has 1 aromatic heterocycles. The molecule has 2 heterocycles. The Morgan fingerprint density at radius 1 is 1.48 bits per heavy atom. The molecule has 0 saturated carbocycles. The summed E-state index contributed by atoms with van der Waals surface area (Å²) >= 11 is 0. The summed E-state index contributed by atoms with van der Waals surface area (Å²) < 4.78 is 0. The highest BCUT2D eigenvalue weighted by Crippen LogP contribution is 2.21. The van der Waals surface area contributed by atoms with Crippen LogP contribution in [-0.2, 0) is 11.2 Å². The first-order valence-corrected chi connectivity index (χ1v) is 8.30. The minimum Gasteiger partial charge on any atom is -0.383 e. The van der Waals surface area contributed by atoms with Gasteiger partial charge >= 0.3 is 0 Å². The van der Waals surface area contributed by atoms with Gasteiger partial charge < -0.3 is 20.9 Å². The predicted octanol–water partition coefficient (Wildman–Crippen LogP) is 0.521. The molecule has 7 nitrogen and oxygen atoms in total. The fraction of sp³-hybridized carbons (Fsp3) is 0.688. The fourth-order valence-electron chi connectivity index (χ4n) is 2.98. The summed E-state index contributed by atoms with van der Waals surface area (Å²) in [4.78, 5) is 32.4. The number of piperidine rings is 1. The van der Waals surface area contributed by atoms with Crippen molar-refractivity contribution in [1.82, 2.24) is 20.2 Å². The van der Waals surface area contributed by atoms with Gasteiger partial charge in [-0.1, -0.05) is 0 Å². The molecule has 1 aromatic rings. The van der Waals surface area contributed by atoms with Gasteiger partial charge in [0.05, 0.1) is 0 Å². The number of hydrogen-bond acceptors (Lipinski definition) is 5. The molecule has 1 amide bonds. The Balaban J connectivity index is 1.68. The lowest BCUT2D eigenvalue weighted by Gasteiger charge is -2.34. The van der Waals surface area contributed by atoms with Crippen LogP contribution >= 0.6 is 0 Å². The Bertz CT molecular complexity index is 576. The largest absolute Gasteiger partial charge is 0.383 e. The smallest absolute Gasteiger partial charge is 0.252 e. The number of hydrogen-bond donors (Lipinski definition) is 3. The van der Waals surface area contributed by atoms with Crippen molar-refractivity contribution in [2.75, 3.05) is 25.4 Å². The van der Waals surface area contributed by atoms with Crippen molar-refractivity contribution in [3.05, 3.63) is 22.2 Å². The summed E-state index contributed by atoms with van der Waals surface area (Å²) in [6, 6.07) is 1.82. The first-order valence-electron chi connectivity index (χ1n) is 8.30. The second kappa shape index (κ2) is 8.10. The van der Waals surface area contributed by atoms with Gasteiger partial charge in [0.25, 0.3) is 5.56 Å². The van der Waals surface area contributed by atoms with Gasteiger partial charge in [0.15, 0.2) is 0 Å². The molecule has 128 valence electrons. The molecule has 1 aliphatic rings. The van der Waals surface area contributed by atoms with E-state index < -0.39 is 0 Å².